The van der Waals surface area contributed by atoms with Crippen LogP contribution in [-0.2, 0) is 19.4 Å². The van der Waals surface area contributed by atoms with Gasteiger partial charge in [0.15, 0.2) is 5.78 Å². The molecule has 0 amide bonds. The normalized spacial score (nSPS) is 11.1. The maximum atomic E-state index is 12.5. The van der Waals surface area contributed by atoms with Crippen LogP contribution < -0.4 is 0 Å². The Morgan fingerprint density at radius 1 is 1.24 bits per heavy atom. The minimum atomic E-state index is 0.0621. The van der Waals surface area contributed by atoms with Gasteiger partial charge in [0, 0.05) is 18.4 Å². The van der Waals surface area contributed by atoms with Crippen LogP contribution in [0.15, 0.2) is 41.0 Å². The molecule has 0 saturated heterocycles. The van der Waals surface area contributed by atoms with Crippen molar-refractivity contribution in [1.29, 1.82) is 0 Å². The fourth-order valence-corrected chi connectivity index (χ4v) is 2.68. The van der Waals surface area contributed by atoms with E-state index in [9.17, 15) is 4.79 Å². The van der Waals surface area contributed by atoms with E-state index in [0.717, 1.165) is 35.3 Å². The van der Waals surface area contributed by atoms with Gasteiger partial charge in [0.05, 0.1) is 29.5 Å². The first-order valence-electron chi connectivity index (χ1n) is 7.28. The summed E-state index contributed by atoms with van der Waals surface area (Å²) >= 11 is 0. The van der Waals surface area contributed by atoms with Crippen molar-refractivity contribution in [1.82, 2.24) is 9.78 Å². The SMILES string of the molecule is CCc1occc1C(=O)Cc1nn(CC)c2ccccc12. The average molecular weight is 282 g/mol. The summed E-state index contributed by atoms with van der Waals surface area (Å²) in [6, 6.07) is 9.78. The zero-order chi connectivity index (χ0) is 14.8. The highest BCUT2D eigenvalue weighted by Crippen LogP contribution is 2.21. The van der Waals surface area contributed by atoms with Crippen molar-refractivity contribution in [2.45, 2.75) is 33.2 Å². The average Bonchev–Trinajstić information content (AvgIpc) is 3.12. The second-order valence-corrected chi connectivity index (χ2v) is 4.99. The van der Waals surface area contributed by atoms with E-state index >= 15 is 0 Å². The topological polar surface area (TPSA) is 48.0 Å². The molecule has 0 atom stereocenters. The van der Waals surface area contributed by atoms with Crippen molar-refractivity contribution < 1.29 is 9.21 Å². The van der Waals surface area contributed by atoms with E-state index in [1.807, 2.05) is 35.9 Å². The molecule has 0 fully saturated rings. The molecule has 4 heteroatoms. The molecule has 2 heterocycles. The maximum absolute atomic E-state index is 12.5. The van der Waals surface area contributed by atoms with Crippen molar-refractivity contribution >= 4 is 16.7 Å². The summed E-state index contributed by atoms with van der Waals surface area (Å²) in [5.74, 6) is 0.811. The number of aryl methyl sites for hydroxylation is 2. The molecule has 0 spiro atoms. The Bertz CT molecular complexity index is 783. The number of hydrogen-bond donors (Lipinski definition) is 0. The van der Waals surface area contributed by atoms with Gasteiger partial charge in [-0.1, -0.05) is 25.1 Å². The number of furan rings is 1. The van der Waals surface area contributed by atoms with Gasteiger partial charge < -0.3 is 4.42 Å². The predicted octanol–water partition coefficient (Wildman–Crippen LogP) is 3.64. The van der Waals surface area contributed by atoms with Gasteiger partial charge in [-0.2, -0.15) is 5.10 Å². The van der Waals surface area contributed by atoms with E-state index in [-0.39, 0.29) is 5.78 Å². The summed E-state index contributed by atoms with van der Waals surface area (Å²) in [5, 5.41) is 5.63. The number of ketones is 1. The Morgan fingerprint density at radius 2 is 2.05 bits per heavy atom. The van der Waals surface area contributed by atoms with Crippen LogP contribution in [0.25, 0.3) is 10.9 Å². The minimum absolute atomic E-state index is 0.0621. The molecule has 3 rings (SSSR count). The summed E-state index contributed by atoms with van der Waals surface area (Å²) in [7, 11) is 0. The minimum Gasteiger partial charge on any atom is -0.469 e. The Morgan fingerprint density at radius 3 is 2.81 bits per heavy atom. The van der Waals surface area contributed by atoms with E-state index < -0.39 is 0 Å². The number of para-hydroxylation sites is 1. The molecule has 21 heavy (non-hydrogen) atoms. The maximum Gasteiger partial charge on any atom is 0.172 e. The number of nitrogens with zero attached hydrogens (tertiary/aromatic N) is 2. The molecule has 0 bridgehead atoms. The number of hydrogen-bond acceptors (Lipinski definition) is 3. The van der Waals surface area contributed by atoms with Crippen molar-refractivity contribution in [3.05, 3.63) is 53.6 Å². The highest BCUT2D eigenvalue weighted by molar-refractivity contribution is 6.00. The lowest BCUT2D eigenvalue weighted by Gasteiger charge is -1.99. The van der Waals surface area contributed by atoms with Gasteiger partial charge in [0.2, 0.25) is 0 Å². The molecule has 0 N–H and O–H groups in total. The molecule has 0 unspecified atom stereocenters. The monoisotopic (exact) mass is 282 g/mol. The second-order valence-electron chi connectivity index (χ2n) is 4.99. The first-order chi connectivity index (χ1) is 10.2. The highest BCUT2D eigenvalue weighted by atomic mass is 16.3. The lowest BCUT2D eigenvalue weighted by molar-refractivity contribution is 0.0990. The van der Waals surface area contributed by atoms with Crippen molar-refractivity contribution in [3.8, 4) is 0 Å². The summed E-state index contributed by atoms with van der Waals surface area (Å²) < 4.78 is 7.28. The molecule has 2 aromatic heterocycles. The molecule has 3 aromatic rings. The number of aromatic nitrogens is 2. The van der Waals surface area contributed by atoms with Crippen LogP contribution >= 0.6 is 0 Å². The Kier molecular flexibility index (Phi) is 3.60. The zero-order valence-electron chi connectivity index (χ0n) is 12.3. The molecule has 0 aliphatic rings. The van der Waals surface area contributed by atoms with Crippen LogP contribution in [0.4, 0.5) is 0 Å². The van der Waals surface area contributed by atoms with E-state index in [0.29, 0.717) is 12.0 Å². The predicted molar refractivity (Wildman–Crippen MR) is 81.5 cm³/mol. The number of rotatable bonds is 5. The van der Waals surface area contributed by atoms with E-state index in [1.54, 1.807) is 12.3 Å². The molecule has 1 aromatic carbocycles. The molecule has 0 radical (unpaired) electrons. The summed E-state index contributed by atoms with van der Waals surface area (Å²) in [6.45, 7) is 4.83. The number of carbonyl (C=O) groups is 1. The Balaban J connectivity index is 1.97. The van der Waals surface area contributed by atoms with Gasteiger partial charge in [-0.05, 0) is 19.1 Å². The molecule has 0 aliphatic carbocycles. The van der Waals surface area contributed by atoms with Crippen molar-refractivity contribution in [2.75, 3.05) is 0 Å². The van der Waals surface area contributed by atoms with E-state index in [1.165, 1.54) is 0 Å². The van der Waals surface area contributed by atoms with Gasteiger partial charge in [0.1, 0.15) is 5.76 Å². The van der Waals surface area contributed by atoms with Crippen LogP contribution in [0.5, 0.6) is 0 Å². The molecular weight excluding hydrogens is 264 g/mol. The van der Waals surface area contributed by atoms with Gasteiger partial charge in [-0.3, -0.25) is 9.48 Å². The fourth-order valence-electron chi connectivity index (χ4n) is 2.68. The quantitative estimate of drug-likeness (QED) is 0.671. The second kappa shape index (κ2) is 5.56. The third-order valence-corrected chi connectivity index (χ3v) is 3.73. The van der Waals surface area contributed by atoms with Gasteiger partial charge in [-0.25, -0.2) is 0 Å². The first-order valence-corrected chi connectivity index (χ1v) is 7.28. The zero-order valence-corrected chi connectivity index (χ0v) is 12.3. The van der Waals surface area contributed by atoms with Crippen LogP contribution in [0, 0.1) is 0 Å². The highest BCUT2D eigenvalue weighted by Gasteiger charge is 2.17. The first kappa shape index (κ1) is 13.6. The summed E-state index contributed by atoms with van der Waals surface area (Å²) in [5.41, 5.74) is 2.58. The molecule has 0 saturated carbocycles. The van der Waals surface area contributed by atoms with Gasteiger partial charge in [0.25, 0.3) is 0 Å². The van der Waals surface area contributed by atoms with E-state index in [4.69, 9.17) is 4.42 Å². The van der Waals surface area contributed by atoms with Crippen LogP contribution in [0.2, 0.25) is 0 Å². The third-order valence-electron chi connectivity index (χ3n) is 3.73. The van der Waals surface area contributed by atoms with Crippen LogP contribution in [0.1, 0.15) is 35.7 Å². The molecule has 4 nitrogen and oxygen atoms in total. The molecule has 108 valence electrons. The Labute approximate surface area is 123 Å². The van der Waals surface area contributed by atoms with Crippen LogP contribution in [-0.4, -0.2) is 15.6 Å². The Hall–Kier alpha value is -2.36. The standard InChI is InChI=1S/C17H18N2O2/c1-3-17-13(9-10-21-17)16(20)11-14-12-7-5-6-8-15(12)19(4-2)18-14/h5-10H,3-4,11H2,1-2H3. The van der Waals surface area contributed by atoms with Crippen molar-refractivity contribution in [2.24, 2.45) is 0 Å². The summed E-state index contributed by atoms with van der Waals surface area (Å²) in [4.78, 5) is 12.5. The third kappa shape index (κ3) is 2.37. The van der Waals surface area contributed by atoms with Crippen molar-refractivity contribution in [3.63, 3.8) is 0 Å². The van der Waals surface area contributed by atoms with Gasteiger partial charge in [-0.15, -0.1) is 0 Å². The molecule has 0 aliphatic heterocycles. The fraction of sp³-hybridized carbons (Fsp3) is 0.294. The number of carbonyl (C=O) groups excluding carboxylic acids is 1. The number of fused-ring (bicyclic) bond motifs is 1. The van der Waals surface area contributed by atoms with E-state index in [2.05, 4.69) is 12.0 Å². The lowest BCUT2D eigenvalue weighted by atomic mass is 10.0. The lowest BCUT2D eigenvalue weighted by Crippen LogP contribution is -2.06. The summed E-state index contributed by atoms with van der Waals surface area (Å²) in [6.07, 6.45) is 2.60. The number of Topliss-reactive ketones (excluding diaryl/α,β-unsaturated/α-hetero) is 1. The largest absolute Gasteiger partial charge is 0.469 e. The number of benzene rings is 1. The van der Waals surface area contributed by atoms with Crippen LogP contribution in [0.3, 0.4) is 0 Å². The van der Waals surface area contributed by atoms with Gasteiger partial charge >= 0.3 is 0 Å². The molecular formula is C17H18N2O2. The smallest absolute Gasteiger partial charge is 0.172 e.